The molecule has 3 aromatic carbocycles. The van der Waals surface area contributed by atoms with E-state index in [9.17, 15) is 19.2 Å². The number of halogens is 1. The molecule has 3 aromatic rings. The summed E-state index contributed by atoms with van der Waals surface area (Å²) in [6.07, 6.45) is 0. The van der Waals surface area contributed by atoms with Crippen molar-refractivity contribution in [2.24, 2.45) is 5.73 Å². The van der Waals surface area contributed by atoms with Crippen molar-refractivity contribution >= 4 is 40.9 Å². The number of esters is 1. The third-order valence-electron chi connectivity index (χ3n) is 4.29. The van der Waals surface area contributed by atoms with Gasteiger partial charge in [0.15, 0.2) is 12.4 Å². The highest BCUT2D eigenvalue weighted by molar-refractivity contribution is 6.30. The van der Waals surface area contributed by atoms with Gasteiger partial charge >= 0.3 is 5.97 Å². The number of hydrogen-bond donors (Lipinski definition) is 2. The number of nitrogens with two attached hydrogens (primary N) is 1. The quantitative estimate of drug-likeness (QED) is 0.434. The van der Waals surface area contributed by atoms with E-state index in [1.165, 1.54) is 36.4 Å². The van der Waals surface area contributed by atoms with Crippen molar-refractivity contribution in [3.05, 3.63) is 100 Å². The second-order valence-electron chi connectivity index (χ2n) is 6.45. The fraction of sp³-hybridized carbons (Fsp3) is 0.0435. The van der Waals surface area contributed by atoms with Crippen molar-refractivity contribution in [3.63, 3.8) is 0 Å². The largest absolute Gasteiger partial charge is 0.452 e. The molecular weight excluding hydrogens is 420 g/mol. The Hall–Kier alpha value is -3.97. The monoisotopic (exact) mass is 436 g/mol. The molecule has 0 heterocycles. The van der Waals surface area contributed by atoms with E-state index in [0.717, 1.165) is 0 Å². The molecule has 0 radical (unpaired) electrons. The number of primary amides is 1. The second-order valence-corrected chi connectivity index (χ2v) is 6.88. The van der Waals surface area contributed by atoms with Crippen LogP contribution in [0.4, 0.5) is 5.69 Å². The number of rotatable bonds is 7. The summed E-state index contributed by atoms with van der Waals surface area (Å²) in [5.41, 5.74) is 6.42. The number of ether oxygens (including phenoxy) is 1. The molecule has 0 spiro atoms. The highest BCUT2D eigenvalue weighted by Gasteiger charge is 2.20. The van der Waals surface area contributed by atoms with Gasteiger partial charge in [0.1, 0.15) is 0 Å². The fourth-order valence-electron chi connectivity index (χ4n) is 2.74. The average Bonchev–Trinajstić information content (AvgIpc) is 2.78. The highest BCUT2D eigenvalue weighted by Crippen LogP contribution is 2.18. The first kappa shape index (κ1) is 21.7. The number of hydrogen-bond acceptors (Lipinski definition) is 5. The molecule has 0 aromatic heterocycles. The lowest BCUT2D eigenvalue weighted by molar-refractivity contribution is -0.119. The molecule has 0 fully saturated rings. The van der Waals surface area contributed by atoms with E-state index in [1.54, 1.807) is 36.4 Å². The minimum atomic E-state index is -0.808. The number of anilines is 1. The molecular formula is C23H17ClN2O5. The standard InChI is InChI=1S/C23H17ClN2O5/c24-16-9-5-14(6-10-16)21(28)18-3-1-2-4-19(18)23(30)31-13-20(27)26-17-11-7-15(8-12-17)22(25)29/h1-12H,13H2,(H2,25,29)(H,26,27). The Kier molecular flexibility index (Phi) is 6.79. The summed E-state index contributed by atoms with van der Waals surface area (Å²) < 4.78 is 5.07. The Morgan fingerprint density at radius 2 is 1.39 bits per heavy atom. The molecule has 31 heavy (non-hydrogen) atoms. The Morgan fingerprint density at radius 3 is 2.00 bits per heavy atom. The Bertz CT molecular complexity index is 1140. The van der Waals surface area contributed by atoms with Crippen LogP contribution in [-0.4, -0.2) is 30.2 Å². The van der Waals surface area contributed by atoms with Gasteiger partial charge in [-0.2, -0.15) is 0 Å². The van der Waals surface area contributed by atoms with Crippen LogP contribution in [0.5, 0.6) is 0 Å². The molecule has 8 heteroatoms. The van der Waals surface area contributed by atoms with Crippen molar-refractivity contribution in [2.45, 2.75) is 0 Å². The van der Waals surface area contributed by atoms with Crippen LogP contribution in [0, 0.1) is 0 Å². The maximum absolute atomic E-state index is 12.8. The summed E-state index contributed by atoms with van der Waals surface area (Å²) in [5.74, 6) is -2.35. The highest BCUT2D eigenvalue weighted by atomic mass is 35.5. The maximum atomic E-state index is 12.8. The minimum Gasteiger partial charge on any atom is -0.452 e. The third kappa shape index (κ3) is 5.55. The van der Waals surface area contributed by atoms with Crippen LogP contribution in [0.1, 0.15) is 36.6 Å². The molecule has 3 N–H and O–H groups in total. The van der Waals surface area contributed by atoms with Crippen molar-refractivity contribution in [3.8, 4) is 0 Å². The summed E-state index contributed by atoms with van der Waals surface area (Å²) in [6, 6.07) is 18.4. The summed E-state index contributed by atoms with van der Waals surface area (Å²) in [4.78, 5) is 48.4. The third-order valence-corrected chi connectivity index (χ3v) is 4.54. The first-order valence-corrected chi connectivity index (χ1v) is 9.49. The molecule has 0 saturated carbocycles. The van der Waals surface area contributed by atoms with Gasteiger partial charge < -0.3 is 15.8 Å². The summed E-state index contributed by atoms with van der Waals surface area (Å²) in [6.45, 7) is -0.556. The van der Waals surface area contributed by atoms with Crippen molar-refractivity contribution in [2.75, 3.05) is 11.9 Å². The van der Waals surface area contributed by atoms with E-state index < -0.39 is 24.4 Å². The van der Waals surface area contributed by atoms with Crippen LogP contribution in [0.25, 0.3) is 0 Å². The smallest absolute Gasteiger partial charge is 0.339 e. The Morgan fingerprint density at radius 1 is 0.806 bits per heavy atom. The van der Waals surface area contributed by atoms with Crippen LogP contribution < -0.4 is 11.1 Å². The number of benzene rings is 3. The number of carbonyl (C=O) groups excluding carboxylic acids is 4. The lowest BCUT2D eigenvalue weighted by Crippen LogP contribution is -2.22. The molecule has 156 valence electrons. The first-order valence-electron chi connectivity index (χ1n) is 9.11. The predicted octanol–water partition coefficient (Wildman–Crippen LogP) is 3.47. The molecule has 0 atom stereocenters. The molecule has 0 bridgehead atoms. The van der Waals surface area contributed by atoms with Crippen molar-refractivity contribution < 1.29 is 23.9 Å². The first-order chi connectivity index (χ1) is 14.8. The maximum Gasteiger partial charge on any atom is 0.339 e. The normalized spacial score (nSPS) is 10.2. The lowest BCUT2D eigenvalue weighted by atomic mass is 9.98. The molecule has 0 aliphatic carbocycles. The Balaban J connectivity index is 1.65. The minimum absolute atomic E-state index is 0.0426. The zero-order chi connectivity index (χ0) is 22.4. The molecule has 0 aliphatic heterocycles. The molecule has 7 nitrogen and oxygen atoms in total. The van der Waals surface area contributed by atoms with Gasteiger partial charge in [0.05, 0.1) is 5.56 Å². The zero-order valence-corrected chi connectivity index (χ0v) is 16.9. The number of amides is 2. The van der Waals surface area contributed by atoms with Crippen LogP contribution in [-0.2, 0) is 9.53 Å². The SMILES string of the molecule is NC(=O)c1ccc(NC(=O)COC(=O)c2ccccc2C(=O)c2ccc(Cl)cc2)cc1. The van der Waals surface area contributed by atoms with Gasteiger partial charge in [-0.15, -0.1) is 0 Å². The summed E-state index contributed by atoms with van der Waals surface area (Å²) in [7, 11) is 0. The summed E-state index contributed by atoms with van der Waals surface area (Å²) >= 11 is 5.85. The van der Waals surface area contributed by atoms with E-state index in [1.807, 2.05) is 0 Å². The number of carbonyl (C=O) groups is 4. The van der Waals surface area contributed by atoms with Gasteiger partial charge in [-0.1, -0.05) is 29.8 Å². The number of nitrogens with one attached hydrogen (secondary N) is 1. The van der Waals surface area contributed by atoms with Crippen molar-refractivity contribution in [1.29, 1.82) is 0 Å². The molecule has 2 amide bonds. The van der Waals surface area contributed by atoms with E-state index in [2.05, 4.69) is 5.32 Å². The van der Waals surface area contributed by atoms with Gasteiger partial charge in [0, 0.05) is 27.4 Å². The van der Waals surface area contributed by atoms with Gasteiger partial charge in [0.25, 0.3) is 5.91 Å². The lowest BCUT2D eigenvalue weighted by Gasteiger charge is -2.10. The van der Waals surface area contributed by atoms with E-state index >= 15 is 0 Å². The van der Waals surface area contributed by atoms with Crippen LogP contribution in [0.2, 0.25) is 5.02 Å². The molecule has 0 unspecified atom stereocenters. The van der Waals surface area contributed by atoms with E-state index in [-0.39, 0.29) is 16.9 Å². The van der Waals surface area contributed by atoms with Gasteiger partial charge in [-0.25, -0.2) is 4.79 Å². The number of ketones is 1. The van der Waals surface area contributed by atoms with Gasteiger partial charge in [-0.05, 0) is 54.6 Å². The average molecular weight is 437 g/mol. The Labute approximate surface area is 182 Å². The van der Waals surface area contributed by atoms with Crippen molar-refractivity contribution in [1.82, 2.24) is 0 Å². The summed E-state index contributed by atoms with van der Waals surface area (Å²) in [5, 5.41) is 3.02. The fourth-order valence-corrected chi connectivity index (χ4v) is 2.87. The van der Waals surface area contributed by atoms with E-state index in [4.69, 9.17) is 22.1 Å². The second kappa shape index (κ2) is 9.69. The van der Waals surface area contributed by atoms with Gasteiger partial charge in [-0.3, -0.25) is 14.4 Å². The predicted molar refractivity (Wildman–Crippen MR) is 115 cm³/mol. The molecule has 0 saturated heterocycles. The molecule has 0 aliphatic rings. The molecule has 3 rings (SSSR count). The topological polar surface area (TPSA) is 116 Å². The van der Waals surface area contributed by atoms with Crippen LogP contribution in [0.3, 0.4) is 0 Å². The van der Waals surface area contributed by atoms with E-state index in [0.29, 0.717) is 21.8 Å². The van der Waals surface area contributed by atoms with Gasteiger partial charge in [0.2, 0.25) is 5.91 Å². The van der Waals surface area contributed by atoms with Crippen LogP contribution in [0.15, 0.2) is 72.8 Å². The zero-order valence-electron chi connectivity index (χ0n) is 16.1. The van der Waals surface area contributed by atoms with Crippen LogP contribution >= 0.6 is 11.6 Å².